The molecule has 0 aromatic carbocycles. The molecule has 0 aromatic rings. The fourth-order valence-corrected chi connectivity index (χ4v) is 8.41. The van der Waals surface area contributed by atoms with Gasteiger partial charge in [0.2, 0.25) is 0 Å². The van der Waals surface area contributed by atoms with Crippen LogP contribution in [0.3, 0.4) is 0 Å². The number of ether oxygens (including phenoxy) is 9. The van der Waals surface area contributed by atoms with Gasteiger partial charge in [0.25, 0.3) is 0 Å². The van der Waals surface area contributed by atoms with Gasteiger partial charge in [-0.2, -0.15) is 0 Å². The zero-order chi connectivity index (χ0) is 47.7. The van der Waals surface area contributed by atoms with E-state index in [2.05, 4.69) is 104 Å². The summed E-state index contributed by atoms with van der Waals surface area (Å²) in [5, 5.41) is 0. The van der Waals surface area contributed by atoms with Crippen LogP contribution in [0.2, 0.25) is 0 Å². The van der Waals surface area contributed by atoms with Crippen molar-refractivity contribution in [1.29, 1.82) is 0 Å². The Balaban J connectivity index is 2.22. The molecular formula is C54H108O9. The largest absolute Gasteiger partial charge is 0.385 e. The Labute approximate surface area is 391 Å². The van der Waals surface area contributed by atoms with Gasteiger partial charge in [0.05, 0.1) is 52.4 Å². The maximum absolute atomic E-state index is 6.63. The Kier molecular flexibility index (Phi) is 28.4. The third-order valence-corrected chi connectivity index (χ3v) is 13.9. The first-order valence-corrected chi connectivity index (χ1v) is 25.7. The molecule has 0 aliphatic heterocycles. The Bertz CT molecular complexity index is 1150. The molecule has 0 heterocycles. The minimum absolute atomic E-state index is 0.0646. The second kappa shape index (κ2) is 29.5. The van der Waals surface area contributed by atoms with E-state index >= 15 is 0 Å². The lowest BCUT2D eigenvalue weighted by molar-refractivity contribution is -0.107. The molecule has 2 unspecified atom stereocenters. The van der Waals surface area contributed by atoms with Gasteiger partial charge in [-0.25, -0.2) is 0 Å². The highest BCUT2D eigenvalue weighted by Gasteiger charge is 2.60. The van der Waals surface area contributed by atoms with Gasteiger partial charge < -0.3 is 42.6 Å². The van der Waals surface area contributed by atoms with Crippen molar-refractivity contribution in [3.8, 4) is 0 Å². The average Bonchev–Trinajstić information content (AvgIpc) is 3.86. The van der Waals surface area contributed by atoms with Crippen LogP contribution >= 0.6 is 0 Å². The molecule has 1 aliphatic carbocycles. The highest BCUT2D eigenvalue weighted by molar-refractivity contribution is 5.09. The summed E-state index contributed by atoms with van der Waals surface area (Å²) in [6.45, 7) is 40.6. The van der Waals surface area contributed by atoms with Crippen molar-refractivity contribution in [1.82, 2.24) is 0 Å². The van der Waals surface area contributed by atoms with Crippen LogP contribution in [0.5, 0.6) is 0 Å². The van der Waals surface area contributed by atoms with Crippen LogP contribution in [-0.4, -0.2) is 113 Å². The molecule has 0 amide bonds. The molecule has 0 spiro atoms. The molecule has 9 heteroatoms. The number of rotatable bonds is 43. The Morgan fingerprint density at radius 2 is 0.603 bits per heavy atom. The van der Waals surface area contributed by atoms with Crippen LogP contribution in [0.25, 0.3) is 0 Å². The lowest BCUT2D eigenvalue weighted by Crippen LogP contribution is -2.38. The lowest BCUT2D eigenvalue weighted by Gasteiger charge is -2.36. The van der Waals surface area contributed by atoms with E-state index < -0.39 is 0 Å². The lowest BCUT2D eigenvalue weighted by atomic mass is 9.86. The van der Waals surface area contributed by atoms with Crippen molar-refractivity contribution in [3.05, 3.63) is 0 Å². The highest BCUT2D eigenvalue weighted by atomic mass is 16.5. The van der Waals surface area contributed by atoms with Crippen molar-refractivity contribution in [2.24, 2.45) is 11.3 Å². The summed E-state index contributed by atoms with van der Waals surface area (Å²) in [5.74, 6) is 0.513. The molecule has 0 saturated heterocycles. The maximum atomic E-state index is 6.63. The molecule has 1 saturated carbocycles. The Morgan fingerprint density at radius 3 is 0.937 bits per heavy atom. The monoisotopic (exact) mass is 901 g/mol. The van der Waals surface area contributed by atoms with Gasteiger partial charge in [-0.1, -0.05) is 6.92 Å². The summed E-state index contributed by atoms with van der Waals surface area (Å²) in [5.41, 5.74) is -0.856. The summed E-state index contributed by atoms with van der Waals surface area (Å²) < 4.78 is 54.9. The van der Waals surface area contributed by atoms with E-state index in [0.717, 1.165) is 175 Å². The highest BCUT2D eigenvalue weighted by Crippen LogP contribution is 2.60. The number of methoxy groups -OCH3 is 2. The summed E-state index contributed by atoms with van der Waals surface area (Å²) in [6, 6.07) is 0. The first-order valence-electron chi connectivity index (χ1n) is 25.7. The van der Waals surface area contributed by atoms with Gasteiger partial charge in [-0.05, 0) is 225 Å². The quantitative estimate of drug-likeness (QED) is 0.0556. The number of hydrogen-bond acceptors (Lipinski definition) is 9. The van der Waals surface area contributed by atoms with E-state index in [-0.39, 0.29) is 44.6 Å². The van der Waals surface area contributed by atoms with Crippen molar-refractivity contribution in [2.45, 2.75) is 265 Å². The molecule has 378 valence electrons. The van der Waals surface area contributed by atoms with Crippen LogP contribution in [0.15, 0.2) is 0 Å². The Morgan fingerprint density at radius 1 is 0.333 bits per heavy atom. The van der Waals surface area contributed by atoms with Crippen molar-refractivity contribution < 1.29 is 42.6 Å². The predicted molar refractivity (Wildman–Crippen MR) is 263 cm³/mol. The van der Waals surface area contributed by atoms with Crippen molar-refractivity contribution >= 4 is 0 Å². The van der Waals surface area contributed by atoms with E-state index in [1.807, 2.05) is 0 Å². The average molecular weight is 901 g/mol. The van der Waals surface area contributed by atoms with Gasteiger partial charge in [0, 0.05) is 65.9 Å². The van der Waals surface area contributed by atoms with E-state index in [1.54, 1.807) is 14.2 Å². The van der Waals surface area contributed by atoms with Crippen LogP contribution in [0.1, 0.15) is 226 Å². The van der Waals surface area contributed by atoms with Crippen molar-refractivity contribution in [3.63, 3.8) is 0 Å². The van der Waals surface area contributed by atoms with Gasteiger partial charge in [-0.3, -0.25) is 0 Å². The molecule has 0 N–H and O–H groups in total. The molecule has 2 atom stereocenters. The fraction of sp³-hybridized carbons (Fsp3) is 1.00. The van der Waals surface area contributed by atoms with Crippen LogP contribution in [0, 0.1) is 11.3 Å². The van der Waals surface area contributed by atoms with Crippen LogP contribution in [0.4, 0.5) is 0 Å². The summed E-state index contributed by atoms with van der Waals surface area (Å²) >= 11 is 0. The minimum atomic E-state index is -0.224. The molecular weight excluding hydrogens is 793 g/mol. The van der Waals surface area contributed by atoms with Crippen LogP contribution < -0.4 is 0 Å². The van der Waals surface area contributed by atoms with E-state index in [9.17, 15) is 0 Å². The third kappa shape index (κ3) is 29.2. The molecule has 1 rings (SSSR count). The van der Waals surface area contributed by atoms with E-state index in [4.69, 9.17) is 42.6 Å². The zero-order valence-corrected chi connectivity index (χ0v) is 45.1. The first-order chi connectivity index (χ1) is 29.2. The van der Waals surface area contributed by atoms with E-state index in [0.29, 0.717) is 12.5 Å². The normalized spacial score (nSPS) is 18.1. The maximum Gasteiger partial charge on any atom is 0.0683 e. The Hall–Kier alpha value is -0.360. The molecule has 0 bridgehead atoms. The summed E-state index contributed by atoms with van der Waals surface area (Å²) in [6.07, 6.45) is 20.2. The van der Waals surface area contributed by atoms with Gasteiger partial charge in [0.15, 0.2) is 0 Å². The van der Waals surface area contributed by atoms with Gasteiger partial charge in [0.1, 0.15) is 0 Å². The zero-order valence-electron chi connectivity index (χ0n) is 45.1. The smallest absolute Gasteiger partial charge is 0.0683 e. The van der Waals surface area contributed by atoms with Gasteiger partial charge in [-0.15, -0.1) is 0 Å². The number of unbranched alkanes of at least 4 members (excludes halogenated alkanes) is 6. The summed E-state index contributed by atoms with van der Waals surface area (Å²) in [7, 11) is 3.52. The number of hydrogen-bond donors (Lipinski definition) is 0. The standard InChI is InChI=1S/C54H108O9/c1-47(2,30-18-23-36-55-16)57-38-24-19-31-48(3,4)59-40-27-22-34-51(9,10)63-45-46-44-54(46,15)53(13,14)62-43-35-52(11,12)61-41-26-21-32-49(5,6)58-39-25-20-33-50(7,8)60-42-29-28-37-56-17/h46H,18-45H2,1-17H3. The third-order valence-electron chi connectivity index (χ3n) is 13.9. The predicted octanol–water partition coefficient (Wildman–Crippen LogP) is 13.9. The minimum Gasteiger partial charge on any atom is -0.385 e. The van der Waals surface area contributed by atoms with Crippen molar-refractivity contribution in [2.75, 3.05) is 73.7 Å². The molecule has 0 aromatic heterocycles. The second-order valence-electron chi connectivity index (χ2n) is 23.5. The SMILES string of the molecule is COCCCCOC(C)(C)CCCCOC(C)(C)CCCCOC(C)(C)CCOC(C)(C)C1(C)CC1COC(C)(C)CCCCOC(C)(C)CCCCOC(C)(C)CCCCOC. The first kappa shape index (κ1) is 60.7. The fourth-order valence-electron chi connectivity index (χ4n) is 8.41. The molecule has 63 heavy (non-hydrogen) atoms. The molecule has 1 aliphatic rings. The molecule has 9 nitrogen and oxygen atoms in total. The topological polar surface area (TPSA) is 83.1 Å². The summed E-state index contributed by atoms with van der Waals surface area (Å²) in [4.78, 5) is 0. The second-order valence-corrected chi connectivity index (χ2v) is 23.5. The van der Waals surface area contributed by atoms with Gasteiger partial charge >= 0.3 is 0 Å². The van der Waals surface area contributed by atoms with Crippen LogP contribution in [-0.2, 0) is 42.6 Å². The molecule has 0 radical (unpaired) electrons. The molecule has 1 fully saturated rings. The van der Waals surface area contributed by atoms with E-state index in [1.165, 1.54) is 0 Å².